The van der Waals surface area contributed by atoms with Crippen molar-refractivity contribution in [2.24, 2.45) is 0 Å². The van der Waals surface area contributed by atoms with E-state index in [1.54, 1.807) is 0 Å². The Hall–Kier alpha value is -4.21. The predicted molar refractivity (Wildman–Crippen MR) is 160 cm³/mol. The molecule has 1 aromatic heterocycles. The van der Waals surface area contributed by atoms with Gasteiger partial charge in [0.25, 0.3) is 0 Å². The average Bonchev–Trinajstić information content (AvgIpc) is 3.50. The maximum absolute atomic E-state index is 5.31. The summed E-state index contributed by atoms with van der Waals surface area (Å²) < 4.78 is 2.13. The van der Waals surface area contributed by atoms with E-state index in [1.165, 1.54) is 16.7 Å². The van der Waals surface area contributed by atoms with Crippen LogP contribution in [0.3, 0.4) is 0 Å². The number of nitrogens with zero attached hydrogens (tertiary/aromatic N) is 2. The van der Waals surface area contributed by atoms with E-state index < -0.39 is 5.54 Å². The van der Waals surface area contributed by atoms with E-state index >= 15 is 0 Å². The maximum atomic E-state index is 5.31. The molecule has 1 heterocycles. The first-order valence-electron chi connectivity index (χ1n) is 12.8. The molecule has 0 aliphatic rings. The third-order valence-electron chi connectivity index (χ3n) is 7.13. The first-order chi connectivity index (χ1) is 18.8. The molecule has 0 saturated carbocycles. The van der Waals surface area contributed by atoms with E-state index in [1.807, 2.05) is 0 Å². The minimum absolute atomic E-state index is 0.630. The standard InChI is InChI=1S/C35H27BrN2/c36-26-27-20-22-28(23-21-27)32-18-10-11-19-33(32)34-24-25-38(37-34)35(29-12-4-1-5-13-29,30-14-6-2-7-15-30)31-16-8-3-9-17-31/h1-25H,26H2. The molecule has 0 unspecified atom stereocenters. The van der Waals surface area contributed by atoms with Crippen molar-refractivity contribution in [2.75, 3.05) is 0 Å². The Morgan fingerprint density at radius 3 is 1.50 bits per heavy atom. The fourth-order valence-electron chi connectivity index (χ4n) is 5.32. The van der Waals surface area contributed by atoms with Crippen LogP contribution in [0.25, 0.3) is 22.4 Å². The molecule has 3 heteroatoms. The molecule has 2 nitrogen and oxygen atoms in total. The van der Waals surface area contributed by atoms with Crippen molar-refractivity contribution < 1.29 is 0 Å². The topological polar surface area (TPSA) is 17.8 Å². The SMILES string of the molecule is BrCc1ccc(-c2ccccc2-c2ccn(C(c3ccccc3)(c3ccccc3)c3ccccc3)n2)cc1. The average molecular weight is 556 g/mol. The maximum Gasteiger partial charge on any atom is 0.138 e. The van der Waals surface area contributed by atoms with E-state index in [0.29, 0.717) is 0 Å². The van der Waals surface area contributed by atoms with Crippen LogP contribution in [0.15, 0.2) is 152 Å². The van der Waals surface area contributed by atoms with Crippen molar-refractivity contribution in [3.8, 4) is 22.4 Å². The van der Waals surface area contributed by atoms with Gasteiger partial charge in [0, 0.05) is 17.1 Å². The Morgan fingerprint density at radius 1 is 0.526 bits per heavy atom. The van der Waals surface area contributed by atoms with E-state index in [4.69, 9.17) is 5.10 Å². The van der Waals surface area contributed by atoms with Crippen LogP contribution >= 0.6 is 15.9 Å². The summed E-state index contributed by atoms with van der Waals surface area (Å²) in [5.41, 5.74) is 8.51. The van der Waals surface area contributed by atoms with Crippen LogP contribution in [0.5, 0.6) is 0 Å². The Labute approximate surface area is 232 Å². The van der Waals surface area contributed by atoms with Crippen LogP contribution < -0.4 is 0 Å². The minimum Gasteiger partial charge on any atom is -0.253 e. The highest BCUT2D eigenvalue weighted by Gasteiger charge is 2.39. The van der Waals surface area contributed by atoms with Gasteiger partial charge in [-0.05, 0) is 39.4 Å². The molecule has 0 atom stereocenters. The first-order valence-corrected chi connectivity index (χ1v) is 13.9. The van der Waals surface area contributed by atoms with Crippen molar-refractivity contribution in [2.45, 2.75) is 10.9 Å². The zero-order chi connectivity index (χ0) is 25.8. The molecule has 0 saturated heterocycles. The zero-order valence-electron chi connectivity index (χ0n) is 20.9. The van der Waals surface area contributed by atoms with E-state index in [9.17, 15) is 0 Å². The molecule has 0 radical (unpaired) electrons. The molecule has 5 aromatic carbocycles. The van der Waals surface area contributed by atoms with E-state index in [2.05, 4.69) is 172 Å². The summed E-state index contributed by atoms with van der Waals surface area (Å²) in [6, 6.07) is 51.4. The zero-order valence-corrected chi connectivity index (χ0v) is 22.5. The lowest BCUT2D eigenvalue weighted by atomic mass is 9.77. The van der Waals surface area contributed by atoms with Gasteiger partial charge in [0.2, 0.25) is 0 Å². The fraction of sp³-hybridized carbons (Fsp3) is 0.0571. The summed E-state index contributed by atoms with van der Waals surface area (Å²) in [6.07, 6.45) is 2.12. The van der Waals surface area contributed by atoms with Crippen molar-refractivity contribution in [1.82, 2.24) is 9.78 Å². The normalized spacial score (nSPS) is 11.4. The summed E-state index contributed by atoms with van der Waals surface area (Å²) in [6.45, 7) is 0. The van der Waals surface area contributed by atoms with Crippen LogP contribution in [0.2, 0.25) is 0 Å². The van der Waals surface area contributed by atoms with Gasteiger partial charge in [0.05, 0.1) is 5.69 Å². The highest BCUT2D eigenvalue weighted by molar-refractivity contribution is 9.08. The number of halogens is 1. The number of aromatic nitrogens is 2. The Kier molecular flexibility index (Phi) is 6.76. The molecule has 38 heavy (non-hydrogen) atoms. The Morgan fingerprint density at radius 2 is 1.00 bits per heavy atom. The third kappa shape index (κ3) is 4.29. The number of hydrogen-bond donors (Lipinski definition) is 0. The van der Waals surface area contributed by atoms with Crippen molar-refractivity contribution in [1.29, 1.82) is 0 Å². The highest BCUT2D eigenvalue weighted by atomic mass is 79.9. The third-order valence-corrected chi connectivity index (χ3v) is 7.78. The lowest BCUT2D eigenvalue weighted by Gasteiger charge is -2.36. The van der Waals surface area contributed by atoms with Crippen LogP contribution in [-0.4, -0.2) is 9.78 Å². The summed E-state index contributed by atoms with van der Waals surface area (Å²) in [4.78, 5) is 0. The largest absolute Gasteiger partial charge is 0.253 e. The molecule has 0 N–H and O–H groups in total. The lowest BCUT2D eigenvalue weighted by Crippen LogP contribution is -2.38. The molecule has 0 aliphatic heterocycles. The van der Waals surface area contributed by atoms with Gasteiger partial charge in [-0.2, -0.15) is 5.10 Å². The molecule has 0 aliphatic carbocycles. The molecule has 0 amide bonds. The van der Waals surface area contributed by atoms with Gasteiger partial charge in [-0.3, -0.25) is 4.68 Å². The number of hydrogen-bond acceptors (Lipinski definition) is 1. The number of alkyl halides is 1. The van der Waals surface area contributed by atoms with Crippen LogP contribution in [-0.2, 0) is 10.9 Å². The van der Waals surface area contributed by atoms with E-state index in [-0.39, 0.29) is 0 Å². The van der Waals surface area contributed by atoms with Gasteiger partial charge < -0.3 is 0 Å². The monoisotopic (exact) mass is 554 g/mol. The summed E-state index contributed by atoms with van der Waals surface area (Å²) in [7, 11) is 0. The lowest BCUT2D eigenvalue weighted by molar-refractivity contribution is 0.461. The van der Waals surface area contributed by atoms with Gasteiger partial charge in [0.1, 0.15) is 5.54 Å². The first kappa shape index (κ1) is 24.1. The van der Waals surface area contributed by atoms with Gasteiger partial charge in [-0.25, -0.2) is 0 Å². The molecule has 0 spiro atoms. The Balaban J connectivity index is 1.57. The summed E-state index contributed by atoms with van der Waals surface area (Å²) >= 11 is 3.56. The second kappa shape index (κ2) is 10.6. The van der Waals surface area contributed by atoms with Crippen LogP contribution in [0.1, 0.15) is 22.3 Å². The summed E-state index contributed by atoms with van der Waals surface area (Å²) in [5, 5.41) is 6.16. The quantitative estimate of drug-likeness (QED) is 0.142. The van der Waals surface area contributed by atoms with Crippen molar-refractivity contribution in [3.05, 3.63) is 174 Å². The Bertz CT molecular complexity index is 1530. The minimum atomic E-state index is -0.630. The second-order valence-electron chi connectivity index (χ2n) is 9.33. The number of benzene rings is 5. The van der Waals surface area contributed by atoms with Gasteiger partial charge in [-0.1, -0.05) is 155 Å². The van der Waals surface area contributed by atoms with Gasteiger partial charge in [0.15, 0.2) is 0 Å². The molecule has 6 aromatic rings. The molecular formula is C35H27BrN2. The molecule has 6 rings (SSSR count). The summed E-state index contributed by atoms with van der Waals surface area (Å²) in [5.74, 6) is 0. The second-order valence-corrected chi connectivity index (χ2v) is 9.89. The predicted octanol–water partition coefficient (Wildman–Crippen LogP) is 8.95. The van der Waals surface area contributed by atoms with Crippen molar-refractivity contribution in [3.63, 3.8) is 0 Å². The molecule has 0 fully saturated rings. The molecule has 0 bridgehead atoms. The number of rotatable bonds is 7. The molecular weight excluding hydrogens is 528 g/mol. The fourth-order valence-corrected chi connectivity index (χ4v) is 5.69. The van der Waals surface area contributed by atoms with Crippen LogP contribution in [0.4, 0.5) is 0 Å². The van der Waals surface area contributed by atoms with Gasteiger partial charge in [-0.15, -0.1) is 0 Å². The van der Waals surface area contributed by atoms with Crippen LogP contribution in [0, 0.1) is 0 Å². The van der Waals surface area contributed by atoms with E-state index in [0.717, 1.165) is 33.3 Å². The molecule has 184 valence electrons. The highest BCUT2D eigenvalue weighted by Crippen LogP contribution is 2.41. The smallest absolute Gasteiger partial charge is 0.138 e. The van der Waals surface area contributed by atoms with Crippen molar-refractivity contribution >= 4 is 15.9 Å². The van der Waals surface area contributed by atoms with Gasteiger partial charge >= 0.3 is 0 Å².